The van der Waals surface area contributed by atoms with Gasteiger partial charge in [-0.05, 0) is 43.7 Å². The zero-order valence-corrected chi connectivity index (χ0v) is 20.2. The van der Waals surface area contributed by atoms with Gasteiger partial charge in [-0.15, -0.1) is 0 Å². The molecule has 0 spiro atoms. The topological polar surface area (TPSA) is 96.6 Å². The Hall–Kier alpha value is -3.76. The van der Waals surface area contributed by atoms with Crippen molar-refractivity contribution in [2.24, 2.45) is 0 Å². The highest BCUT2D eigenvalue weighted by atomic mass is 19.4. The summed E-state index contributed by atoms with van der Waals surface area (Å²) < 4.78 is 46.0. The summed E-state index contributed by atoms with van der Waals surface area (Å²) in [5.41, 5.74) is 6.96. The molecular weight excluding hydrogens is 473 g/mol. The fraction of sp³-hybridized carbons (Fsp3) is 0.400. The summed E-state index contributed by atoms with van der Waals surface area (Å²) in [5.74, 6) is 1.77. The maximum absolute atomic E-state index is 13.3. The lowest BCUT2D eigenvalue weighted by molar-refractivity contribution is -0.137. The fourth-order valence-corrected chi connectivity index (χ4v) is 4.88. The van der Waals surface area contributed by atoms with Gasteiger partial charge in [0.2, 0.25) is 5.91 Å². The quantitative estimate of drug-likeness (QED) is 0.522. The first-order valence-electron chi connectivity index (χ1n) is 11.7. The van der Waals surface area contributed by atoms with Gasteiger partial charge >= 0.3 is 6.18 Å². The summed E-state index contributed by atoms with van der Waals surface area (Å²) in [6.45, 7) is 7.42. The number of nitrogen functional groups attached to an aromatic ring is 1. The van der Waals surface area contributed by atoms with Crippen molar-refractivity contribution in [1.82, 2.24) is 14.9 Å². The minimum atomic E-state index is -4.50. The predicted octanol–water partition coefficient (Wildman–Crippen LogP) is 4.14. The van der Waals surface area contributed by atoms with Crippen molar-refractivity contribution in [3.63, 3.8) is 0 Å². The van der Waals surface area contributed by atoms with Crippen LogP contribution in [0.25, 0.3) is 10.9 Å². The summed E-state index contributed by atoms with van der Waals surface area (Å²) in [5, 5.41) is 3.99. The van der Waals surface area contributed by atoms with E-state index in [-0.39, 0.29) is 17.6 Å². The van der Waals surface area contributed by atoms with Crippen molar-refractivity contribution < 1.29 is 22.7 Å². The van der Waals surface area contributed by atoms with Gasteiger partial charge in [-0.25, -0.2) is 9.97 Å². The maximum Gasteiger partial charge on any atom is 0.416 e. The van der Waals surface area contributed by atoms with E-state index in [9.17, 15) is 18.0 Å². The Morgan fingerprint density at radius 3 is 2.69 bits per heavy atom. The van der Waals surface area contributed by atoms with Gasteiger partial charge in [-0.3, -0.25) is 4.79 Å². The van der Waals surface area contributed by atoms with Crippen molar-refractivity contribution >= 4 is 34.0 Å². The van der Waals surface area contributed by atoms with E-state index in [0.29, 0.717) is 54.7 Å². The standard InChI is InChI=1S/C25H27F3N6O2/c1-13(16-6-17(25(26,27)28)8-18(29)7-16)30-24-20-9-22-23(10-21(20)31-14(2)32-24)36-12-19-11-33(15(3)35)4-5-34(19)22/h6-10,13,19H,4-5,11-12,29H2,1-3H3,(H,30,31,32)/t13-,19-/m1/s1. The Morgan fingerprint density at radius 1 is 1.19 bits per heavy atom. The molecular formula is C25H27F3N6O2. The van der Waals surface area contributed by atoms with Gasteiger partial charge in [0.15, 0.2) is 0 Å². The van der Waals surface area contributed by atoms with E-state index in [1.807, 2.05) is 17.0 Å². The van der Waals surface area contributed by atoms with E-state index in [0.717, 1.165) is 23.2 Å². The highest BCUT2D eigenvalue weighted by Crippen LogP contribution is 2.40. The average molecular weight is 501 g/mol. The number of fused-ring (bicyclic) bond motifs is 4. The minimum Gasteiger partial charge on any atom is -0.489 e. The van der Waals surface area contributed by atoms with Gasteiger partial charge in [-0.1, -0.05) is 0 Å². The molecule has 1 amide bonds. The zero-order chi connectivity index (χ0) is 25.8. The molecule has 0 saturated carbocycles. The van der Waals surface area contributed by atoms with Crippen molar-refractivity contribution in [2.75, 3.05) is 42.2 Å². The summed E-state index contributed by atoms with van der Waals surface area (Å²) in [6.07, 6.45) is -4.50. The van der Waals surface area contributed by atoms with Gasteiger partial charge in [0.25, 0.3) is 0 Å². The number of ether oxygens (including phenoxy) is 1. The highest BCUT2D eigenvalue weighted by molar-refractivity contribution is 5.94. The summed E-state index contributed by atoms with van der Waals surface area (Å²) in [7, 11) is 0. The first-order chi connectivity index (χ1) is 17.0. The second-order valence-corrected chi connectivity index (χ2v) is 9.33. The number of aromatic nitrogens is 2. The lowest BCUT2D eigenvalue weighted by Crippen LogP contribution is -2.58. The van der Waals surface area contributed by atoms with Crippen LogP contribution in [0.15, 0.2) is 30.3 Å². The van der Waals surface area contributed by atoms with Crippen LogP contribution in [0.3, 0.4) is 0 Å². The molecule has 36 heavy (non-hydrogen) atoms. The Labute approximate surface area is 206 Å². The molecule has 1 fully saturated rings. The number of carbonyl (C=O) groups excluding carboxylic acids is 1. The summed E-state index contributed by atoms with van der Waals surface area (Å²) >= 11 is 0. The van der Waals surface area contributed by atoms with Crippen LogP contribution in [0.1, 0.15) is 36.8 Å². The molecule has 190 valence electrons. The molecule has 2 aliphatic heterocycles. The number of anilines is 3. The molecule has 2 aliphatic rings. The first kappa shape index (κ1) is 24.0. The largest absolute Gasteiger partial charge is 0.489 e. The van der Waals surface area contributed by atoms with Crippen molar-refractivity contribution in [1.29, 1.82) is 0 Å². The molecule has 0 bridgehead atoms. The molecule has 1 saturated heterocycles. The van der Waals surface area contributed by atoms with Crippen LogP contribution in [0.5, 0.6) is 5.75 Å². The van der Waals surface area contributed by atoms with Crippen LogP contribution in [-0.4, -0.2) is 53.1 Å². The van der Waals surface area contributed by atoms with E-state index in [1.165, 1.54) is 6.07 Å². The number of benzene rings is 2. The van der Waals surface area contributed by atoms with Crippen LogP contribution >= 0.6 is 0 Å². The monoisotopic (exact) mass is 500 g/mol. The highest BCUT2D eigenvalue weighted by Gasteiger charge is 2.35. The van der Waals surface area contributed by atoms with Crippen molar-refractivity contribution in [2.45, 2.75) is 39.0 Å². The number of halogens is 3. The van der Waals surface area contributed by atoms with Crippen LogP contribution < -0.4 is 20.7 Å². The van der Waals surface area contributed by atoms with Crippen LogP contribution in [-0.2, 0) is 11.0 Å². The molecule has 3 heterocycles. The van der Waals surface area contributed by atoms with E-state index in [1.54, 1.807) is 20.8 Å². The SMILES string of the molecule is CC(=O)N1CCN2c3cc4c(N[C@H](C)c5cc(N)cc(C(F)(F)F)c5)nc(C)nc4cc3OC[C@H]2C1. The van der Waals surface area contributed by atoms with Gasteiger partial charge in [-0.2, -0.15) is 13.2 Å². The summed E-state index contributed by atoms with van der Waals surface area (Å²) in [4.78, 5) is 25.0. The third-order valence-corrected chi connectivity index (χ3v) is 6.72. The first-order valence-corrected chi connectivity index (χ1v) is 11.7. The minimum absolute atomic E-state index is 0.0300. The normalized spacial score (nSPS) is 18.3. The van der Waals surface area contributed by atoms with Gasteiger partial charge in [0.1, 0.15) is 24.0 Å². The molecule has 0 aliphatic carbocycles. The van der Waals surface area contributed by atoms with Gasteiger partial charge in [0.05, 0.1) is 28.9 Å². The molecule has 8 nitrogen and oxygen atoms in total. The maximum atomic E-state index is 13.3. The number of piperazine rings is 1. The number of carbonyl (C=O) groups is 1. The molecule has 2 aromatic carbocycles. The van der Waals surface area contributed by atoms with Crippen LogP contribution in [0, 0.1) is 6.92 Å². The molecule has 11 heteroatoms. The number of nitrogens with one attached hydrogen (secondary N) is 1. The number of hydrogen-bond acceptors (Lipinski definition) is 7. The third kappa shape index (κ3) is 4.45. The number of rotatable bonds is 3. The van der Waals surface area contributed by atoms with E-state index >= 15 is 0 Å². The Bertz CT molecular complexity index is 1350. The number of nitrogens with two attached hydrogens (primary N) is 1. The van der Waals surface area contributed by atoms with Gasteiger partial charge < -0.3 is 25.6 Å². The fourth-order valence-electron chi connectivity index (χ4n) is 4.88. The van der Waals surface area contributed by atoms with E-state index in [2.05, 4.69) is 20.2 Å². The molecule has 0 unspecified atom stereocenters. The molecule has 1 aromatic heterocycles. The zero-order valence-electron chi connectivity index (χ0n) is 20.2. The van der Waals surface area contributed by atoms with Crippen LogP contribution in [0.2, 0.25) is 0 Å². The van der Waals surface area contributed by atoms with Crippen molar-refractivity contribution in [3.8, 4) is 5.75 Å². The number of alkyl halides is 3. The molecule has 3 aromatic rings. The average Bonchev–Trinajstić information content (AvgIpc) is 2.81. The summed E-state index contributed by atoms with van der Waals surface area (Å²) in [6, 6.07) is 6.89. The lowest BCUT2D eigenvalue weighted by Gasteiger charge is -2.45. The van der Waals surface area contributed by atoms with E-state index in [4.69, 9.17) is 10.5 Å². The lowest BCUT2D eigenvalue weighted by atomic mass is 10.0. The molecule has 3 N–H and O–H groups in total. The molecule has 2 atom stereocenters. The molecule has 0 radical (unpaired) electrons. The smallest absolute Gasteiger partial charge is 0.416 e. The second-order valence-electron chi connectivity index (χ2n) is 9.33. The number of aryl methyl sites for hydroxylation is 1. The predicted molar refractivity (Wildman–Crippen MR) is 131 cm³/mol. The Morgan fingerprint density at radius 2 is 1.97 bits per heavy atom. The number of nitrogens with zero attached hydrogens (tertiary/aromatic N) is 4. The van der Waals surface area contributed by atoms with Crippen molar-refractivity contribution in [3.05, 3.63) is 47.3 Å². The number of hydrogen-bond donors (Lipinski definition) is 2. The van der Waals surface area contributed by atoms with E-state index < -0.39 is 17.8 Å². The molecule has 5 rings (SSSR count). The Kier molecular flexibility index (Phi) is 5.80. The van der Waals surface area contributed by atoms with Crippen LogP contribution in [0.4, 0.5) is 30.4 Å². The Balaban J connectivity index is 1.51. The third-order valence-electron chi connectivity index (χ3n) is 6.72. The number of amides is 1. The van der Waals surface area contributed by atoms with Gasteiger partial charge in [0, 0.05) is 43.7 Å². The second kappa shape index (κ2) is 8.72.